The van der Waals surface area contributed by atoms with Crippen molar-refractivity contribution in [2.45, 2.75) is 25.6 Å². The van der Waals surface area contributed by atoms with Gasteiger partial charge in [-0.15, -0.1) is 0 Å². The molecule has 1 aliphatic rings. The summed E-state index contributed by atoms with van der Waals surface area (Å²) in [6.45, 7) is 1.70. The Morgan fingerprint density at radius 2 is 2.11 bits per heavy atom. The number of halogens is 3. The van der Waals surface area contributed by atoms with E-state index in [0.29, 0.717) is 11.5 Å². The molecule has 0 spiro atoms. The van der Waals surface area contributed by atoms with E-state index in [1.54, 1.807) is 6.92 Å². The second-order valence-corrected chi connectivity index (χ2v) is 5.87. The van der Waals surface area contributed by atoms with E-state index >= 15 is 0 Å². The number of nitrogens with two attached hydrogens (primary N) is 1. The summed E-state index contributed by atoms with van der Waals surface area (Å²) in [5, 5.41) is 0. The van der Waals surface area contributed by atoms with E-state index in [1.165, 1.54) is 12.1 Å². The van der Waals surface area contributed by atoms with Crippen LogP contribution in [0.1, 0.15) is 29.2 Å². The van der Waals surface area contributed by atoms with Gasteiger partial charge in [0.1, 0.15) is 0 Å². The van der Waals surface area contributed by atoms with Crippen molar-refractivity contribution in [3.63, 3.8) is 0 Å². The molecular weight excluding hydrogens is 259 g/mol. The molecule has 2 unspecified atom stereocenters. The molecule has 1 heterocycles. The molecule has 1 fully saturated rings. The minimum atomic E-state index is -4.28. The summed E-state index contributed by atoms with van der Waals surface area (Å²) in [4.78, 5) is 0. The molecule has 0 bridgehead atoms. The van der Waals surface area contributed by atoms with Crippen LogP contribution in [0.4, 0.5) is 13.2 Å². The summed E-state index contributed by atoms with van der Waals surface area (Å²) in [6, 6.07) is 3.70. The summed E-state index contributed by atoms with van der Waals surface area (Å²) in [7, 11) is 0. The summed E-state index contributed by atoms with van der Waals surface area (Å²) in [6.07, 6.45) is -3.23. The molecule has 100 valence electrons. The van der Waals surface area contributed by atoms with E-state index in [2.05, 4.69) is 0 Å². The number of hydrogen-bond acceptors (Lipinski definition) is 2. The lowest BCUT2D eigenvalue weighted by atomic mass is 9.90. The fourth-order valence-electron chi connectivity index (χ4n) is 2.32. The van der Waals surface area contributed by atoms with Crippen molar-refractivity contribution in [1.29, 1.82) is 0 Å². The van der Waals surface area contributed by atoms with Gasteiger partial charge >= 0.3 is 6.18 Å². The lowest BCUT2D eigenvalue weighted by Gasteiger charge is -2.21. The molecule has 0 radical (unpaired) electrons. The normalized spacial score (nSPS) is 22.2. The molecule has 18 heavy (non-hydrogen) atoms. The maximum absolute atomic E-state index is 12.6. The zero-order valence-electron chi connectivity index (χ0n) is 10.1. The maximum Gasteiger partial charge on any atom is 0.416 e. The quantitative estimate of drug-likeness (QED) is 0.889. The minimum Gasteiger partial charge on any atom is -0.324 e. The van der Waals surface area contributed by atoms with E-state index in [-0.39, 0.29) is 6.04 Å². The van der Waals surface area contributed by atoms with Crippen LogP contribution in [0, 0.1) is 12.8 Å². The monoisotopic (exact) mass is 275 g/mol. The SMILES string of the molecule is Cc1cc(C(F)(F)F)ccc1C(N)C1CCSC1. The zero-order chi connectivity index (χ0) is 13.3. The van der Waals surface area contributed by atoms with Crippen molar-refractivity contribution in [2.75, 3.05) is 11.5 Å². The lowest BCUT2D eigenvalue weighted by molar-refractivity contribution is -0.137. The molecule has 1 aromatic carbocycles. The Kier molecular flexibility index (Phi) is 3.92. The fraction of sp³-hybridized carbons (Fsp3) is 0.538. The molecule has 0 aromatic heterocycles. The van der Waals surface area contributed by atoms with Gasteiger partial charge in [-0.3, -0.25) is 0 Å². The third kappa shape index (κ3) is 2.83. The van der Waals surface area contributed by atoms with Gasteiger partial charge < -0.3 is 5.73 Å². The Balaban J connectivity index is 2.24. The third-order valence-electron chi connectivity index (χ3n) is 3.43. The van der Waals surface area contributed by atoms with E-state index in [4.69, 9.17) is 5.73 Å². The highest BCUT2D eigenvalue weighted by atomic mass is 32.2. The van der Waals surface area contributed by atoms with Crippen LogP contribution in [0.5, 0.6) is 0 Å². The number of benzene rings is 1. The van der Waals surface area contributed by atoms with Crippen molar-refractivity contribution < 1.29 is 13.2 Å². The van der Waals surface area contributed by atoms with Crippen LogP contribution in [0.2, 0.25) is 0 Å². The topological polar surface area (TPSA) is 26.0 Å². The molecule has 1 aliphatic heterocycles. The van der Waals surface area contributed by atoms with E-state index in [9.17, 15) is 13.2 Å². The number of thioether (sulfide) groups is 1. The van der Waals surface area contributed by atoms with Gasteiger partial charge in [-0.25, -0.2) is 0 Å². The van der Waals surface area contributed by atoms with Gasteiger partial charge in [-0.1, -0.05) is 6.07 Å². The van der Waals surface area contributed by atoms with E-state index in [1.807, 2.05) is 11.8 Å². The predicted octanol–water partition coefficient (Wildman–Crippen LogP) is 3.77. The van der Waals surface area contributed by atoms with Gasteiger partial charge in [0.25, 0.3) is 0 Å². The van der Waals surface area contributed by atoms with Gasteiger partial charge in [-0.2, -0.15) is 24.9 Å². The lowest BCUT2D eigenvalue weighted by Crippen LogP contribution is -2.22. The smallest absolute Gasteiger partial charge is 0.324 e. The van der Waals surface area contributed by atoms with E-state index in [0.717, 1.165) is 29.6 Å². The molecule has 0 amide bonds. The second kappa shape index (κ2) is 5.13. The first-order chi connectivity index (χ1) is 8.39. The Hall–Kier alpha value is -0.680. The molecule has 2 atom stereocenters. The molecule has 0 saturated carbocycles. The standard InChI is InChI=1S/C13H16F3NS/c1-8-6-10(13(14,15)16)2-3-11(8)12(17)9-4-5-18-7-9/h2-3,6,9,12H,4-5,7,17H2,1H3. The van der Waals surface area contributed by atoms with Crippen LogP contribution in [0.25, 0.3) is 0 Å². The number of alkyl halides is 3. The summed E-state index contributed by atoms with van der Waals surface area (Å²) >= 11 is 1.86. The Labute approximate surface area is 109 Å². The van der Waals surface area contributed by atoms with Gasteiger partial charge in [0.2, 0.25) is 0 Å². The highest BCUT2D eigenvalue weighted by Gasteiger charge is 2.31. The van der Waals surface area contributed by atoms with Crippen LogP contribution < -0.4 is 5.73 Å². The highest BCUT2D eigenvalue weighted by Crippen LogP contribution is 2.36. The Bertz CT molecular complexity index is 425. The van der Waals surface area contributed by atoms with Crippen molar-refractivity contribution in [3.05, 3.63) is 34.9 Å². The number of aryl methyl sites for hydroxylation is 1. The Morgan fingerprint density at radius 3 is 2.61 bits per heavy atom. The molecule has 1 nitrogen and oxygen atoms in total. The van der Waals surface area contributed by atoms with Crippen LogP contribution in [0.15, 0.2) is 18.2 Å². The number of rotatable bonds is 2. The average Bonchev–Trinajstić information content (AvgIpc) is 2.80. The highest BCUT2D eigenvalue weighted by molar-refractivity contribution is 7.99. The molecule has 1 saturated heterocycles. The van der Waals surface area contributed by atoms with Gasteiger partial charge in [0.05, 0.1) is 5.56 Å². The predicted molar refractivity (Wildman–Crippen MR) is 68.5 cm³/mol. The van der Waals surface area contributed by atoms with Crippen molar-refractivity contribution in [1.82, 2.24) is 0 Å². The first-order valence-electron chi connectivity index (χ1n) is 5.90. The van der Waals surface area contributed by atoms with E-state index < -0.39 is 11.7 Å². The molecule has 1 aromatic rings. The largest absolute Gasteiger partial charge is 0.416 e. The van der Waals surface area contributed by atoms with Crippen molar-refractivity contribution in [2.24, 2.45) is 11.7 Å². The first kappa shape index (κ1) is 13.7. The maximum atomic E-state index is 12.6. The van der Waals surface area contributed by atoms with Crippen LogP contribution in [-0.2, 0) is 6.18 Å². The molecule has 0 aliphatic carbocycles. The number of hydrogen-bond donors (Lipinski definition) is 1. The zero-order valence-corrected chi connectivity index (χ0v) is 10.9. The van der Waals surface area contributed by atoms with Gasteiger partial charge in [-0.05, 0) is 54.0 Å². The van der Waals surface area contributed by atoms with Gasteiger partial charge in [0.15, 0.2) is 0 Å². The Morgan fingerprint density at radius 1 is 1.39 bits per heavy atom. The summed E-state index contributed by atoms with van der Waals surface area (Å²) in [5.41, 5.74) is 7.04. The van der Waals surface area contributed by atoms with Crippen LogP contribution in [-0.4, -0.2) is 11.5 Å². The minimum absolute atomic E-state index is 0.151. The fourth-order valence-corrected chi connectivity index (χ4v) is 3.63. The summed E-state index contributed by atoms with van der Waals surface area (Å²) in [5.74, 6) is 2.48. The summed E-state index contributed by atoms with van der Waals surface area (Å²) < 4.78 is 37.7. The van der Waals surface area contributed by atoms with Crippen LogP contribution in [0.3, 0.4) is 0 Å². The molecule has 2 rings (SSSR count). The van der Waals surface area contributed by atoms with Crippen molar-refractivity contribution in [3.8, 4) is 0 Å². The third-order valence-corrected chi connectivity index (χ3v) is 4.62. The first-order valence-corrected chi connectivity index (χ1v) is 7.06. The van der Waals surface area contributed by atoms with Gasteiger partial charge in [0, 0.05) is 6.04 Å². The molecular formula is C13H16F3NS. The second-order valence-electron chi connectivity index (χ2n) is 4.72. The average molecular weight is 275 g/mol. The molecule has 2 N–H and O–H groups in total. The molecule has 5 heteroatoms. The van der Waals surface area contributed by atoms with Crippen molar-refractivity contribution >= 4 is 11.8 Å². The van der Waals surface area contributed by atoms with Crippen LogP contribution >= 0.6 is 11.8 Å².